The Balaban J connectivity index is 1.96. The van der Waals surface area contributed by atoms with Crippen LogP contribution in [0.3, 0.4) is 0 Å². The number of carboxylic acids is 1. The Morgan fingerprint density at radius 2 is 2.10 bits per heavy atom. The van der Waals surface area contributed by atoms with Crippen molar-refractivity contribution in [1.82, 2.24) is 15.0 Å². The Hall–Kier alpha value is -2.37. The monoisotopic (exact) mass is 289 g/mol. The summed E-state index contributed by atoms with van der Waals surface area (Å²) in [5.41, 5.74) is 1.53. The molecule has 1 aromatic carbocycles. The van der Waals surface area contributed by atoms with Gasteiger partial charge in [-0.25, -0.2) is 4.68 Å². The number of aryl methyl sites for hydroxylation is 1. The number of benzene rings is 1. The van der Waals surface area contributed by atoms with E-state index in [2.05, 4.69) is 17.2 Å². The van der Waals surface area contributed by atoms with Crippen molar-refractivity contribution in [2.24, 2.45) is 0 Å². The Bertz CT molecular complexity index is 578. The molecule has 21 heavy (non-hydrogen) atoms. The smallest absolute Gasteiger partial charge is 0.303 e. The maximum atomic E-state index is 10.5. The number of unbranched alkanes of at least 4 members (excludes halogenated alkanes) is 1. The normalized spacial score (nSPS) is 10.5. The summed E-state index contributed by atoms with van der Waals surface area (Å²) in [6, 6.07) is 7.58. The highest BCUT2D eigenvalue weighted by molar-refractivity contribution is 5.66. The van der Waals surface area contributed by atoms with E-state index in [0.29, 0.717) is 12.1 Å². The Morgan fingerprint density at radius 1 is 1.33 bits per heavy atom. The molecule has 0 atom stereocenters. The molecule has 1 N–H and O–H groups in total. The minimum atomic E-state index is -0.835. The van der Waals surface area contributed by atoms with Crippen molar-refractivity contribution in [3.05, 3.63) is 36.2 Å². The lowest BCUT2D eigenvalue weighted by Gasteiger charge is -2.06. The molecule has 0 aliphatic carbocycles. The summed E-state index contributed by atoms with van der Waals surface area (Å²) in [5.74, 6) is -0.00320. The van der Waals surface area contributed by atoms with Crippen molar-refractivity contribution in [2.45, 2.75) is 32.6 Å². The first-order chi connectivity index (χ1) is 10.2. The Kier molecular flexibility index (Phi) is 5.31. The molecular formula is C15H19N3O3. The van der Waals surface area contributed by atoms with Crippen LogP contribution >= 0.6 is 0 Å². The molecule has 0 bridgehead atoms. The highest BCUT2D eigenvalue weighted by Gasteiger charge is 2.05. The van der Waals surface area contributed by atoms with Gasteiger partial charge in [-0.2, -0.15) is 0 Å². The third-order valence-electron chi connectivity index (χ3n) is 3.00. The minimum absolute atomic E-state index is 0.0584. The summed E-state index contributed by atoms with van der Waals surface area (Å²) < 4.78 is 7.23. The SMILES string of the molecule is CCCCOc1ccc(-n2cc(CCC(=O)O)nn2)cc1. The van der Waals surface area contributed by atoms with Gasteiger partial charge >= 0.3 is 5.97 Å². The van der Waals surface area contributed by atoms with E-state index in [1.807, 2.05) is 24.3 Å². The summed E-state index contributed by atoms with van der Waals surface area (Å²) in [6.07, 6.45) is 4.33. The van der Waals surface area contributed by atoms with E-state index in [1.54, 1.807) is 10.9 Å². The first kappa shape index (κ1) is 15.0. The van der Waals surface area contributed by atoms with Crippen LogP contribution < -0.4 is 4.74 Å². The quantitative estimate of drug-likeness (QED) is 0.755. The van der Waals surface area contributed by atoms with E-state index in [-0.39, 0.29) is 6.42 Å². The number of aliphatic carboxylic acids is 1. The zero-order chi connectivity index (χ0) is 15.1. The second-order valence-corrected chi connectivity index (χ2v) is 4.74. The summed E-state index contributed by atoms with van der Waals surface area (Å²) in [6.45, 7) is 2.84. The molecule has 0 saturated carbocycles. The van der Waals surface area contributed by atoms with Gasteiger partial charge in [0.2, 0.25) is 0 Å². The molecular weight excluding hydrogens is 270 g/mol. The number of hydrogen-bond donors (Lipinski definition) is 1. The molecule has 0 radical (unpaired) electrons. The van der Waals surface area contributed by atoms with E-state index in [4.69, 9.17) is 9.84 Å². The van der Waals surface area contributed by atoms with E-state index in [1.165, 1.54) is 0 Å². The van der Waals surface area contributed by atoms with Crippen LogP contribution in [0.4, 0.5) is 0 Å². The predicted octanol–water partition coefficient (Wildman–Crippen LogP) is 2.46. The lowest BCUT2D eigenvalue weighted by Crippen LogP contribution is -1.98. The number of hydrogen-bond acceptors (Lipinski definition) is 4. The molecule has 2 rings (SSSR count). The lowest BCUT2D eigenvalue weighted by atomic mass is 10.2. The average Bonchev–Trinajstić information content (AvgIpc) is 2.95. The van der Waals surface area contributed by atoms with Crippen LogP contribution in [0.5, 0.6) is 5.75 Å². The molecule has 6 heteroatoms. The van der Waals surface area contributed by atoms with Crippen LogP contribution in [-0.2, 0) is 11.2 Å². The van der Waals surface area contributed by atoms with Crippen molar-refractivity contribution >= 4 is 5.97 Å². The van der Waals surface area contributed by atoms with Crippen molar-refractivity contribution in [3.63, 3.8) is 0 Å². The van der Waals surface area contributed by atoms with Gasteiger partial charge in [-0.15, -0.1) is 5.10 Å². The zero-order valence-corrected chi connectivity index (χ0v) is 12.0. The van der Waals surface area contributed by atoms with Crippen molar-refractivity contribution in [1.29, 1.82) is 0 Å². The fraction of sp³-hybridized carbons (Fsp3) is 0.400. The first-order valence-corrected chi connectivity index (χ1v) is 7.05. The summed E-state index contributed by atoms with van der Waals surface area (Å²) in [7, 11) is 0. The van der Waals surface area contributed by atoms with Crippen LogP contribution in [0, 0.1) is 0 Å². The average molecular weight is 289 g/mol. The number of carboxylic acid groups (broad SMARTS) is 1. The second-order valence-electron chi connectivity index (χ2n) is 4.74. The molecule has 0 aliphatic rings. The number of nitrogens with zero attached hydrogens (tertiary/aromatic N) is 3. The second kappa shape index (κ2) is 7.42. The highest BCUT2D eigenvalue weighted by atomic mass is 16.5. The molecule has 0 aliphatic heterocycles. The van der Waals surface area contributed by atoms with Gasteiger partial charge < -0.3 is 9.84 Å². The van der Waals surface area contributed by atoms with Crippen molar-refractivity contribution < 1.29 is 14.6 Å². The third kappa shape index (κ3) is 4.59. The summed E-state index contributed by atoms with van der Waals surface area (Å²) >= 11 is 0. The Morgan fingerprint density at radius 3 is 2.76 bits per heavy atom. The van der Waals surface area contributed by atoms with Crippen LogP contribution in [0.2, 0.25) is 0 Å². The number of rotatable bonds is 8. The van der Waals surface area contributed by atoms with Gasteiger partial charge in [-0.3, -0.25) is 4.79 Å². The van der Waals surface area contributed by atoms with Gasteiger partial charge in [-0.05, 0) is 30.7 Å². The molecule has 112 valence electrons. The number of ether oxygens (including phenoxy) is 1. The van der Waals surface area contributed by atoms with Gasteiger partial charge in [0.25, 0.3) is 0 Å². The predicted molar refractivity (Wildman–Crippen MR) is 77.7 cm³/mol. The molecule has 0 unspecified atom stereocenters. The summed E-state index contributed by atoms with van der Waals surface area (Å²) in [5, 5.41) is 16.6. The van der Waals surface area contributed by atoms with E-state index >= 15 is 0 Å². The fourth-order valence-corrected chi connectivity index (χ4v) is 1.80. The molecule has 1 aromatic heterocycles. The lowest BCUT2D eigenvalue weighted by molar-refractivity contribution is -0.136. The zero-order valence-electron chi connectivity index (χ0n) is 12.0. The van der Waals surface area contributed by atoms with Gasteiger partial charge in [0.1, 0.15) is 5.75 Å². The summed E-state index contributed by atoms with van der Waals surface area (Å²) in [4.78, 5) is 10.5. The van der Waals surface area contributed by atoms with Crippen molar-refractivity contribution in [3.8, 4) is 11.4 Å². The first-order valence-electron chi connectivity index (χ1n) is 7.05. The molecule has 6 nitrogen and oxygen atoms in total. The van der Waals surface area contributed by atoms with Crippen LogP contribution in [0.1, 0.15) is 31.9 Å². The minimum Gasteiger partial charge on any atom is -0.494 e. The van der Waals surface area contributed by atoms with E-state index in [0.717, 1.165) is 30.9 Å². The highest BCUT2D eigenvalue weighted by Crippen LogP contribution is 2.15. The largest absolute Gasteiger partial charge is 0.494 e. The third-order valence-corrected chi connectivity index (χ3v) is 3.00. The number of aromatic nitrogens is 3. The van der Waals surface area contributed by atoms with Crippen molar-refractivity contribution in [2.75, 3.05) is 6.61 Å². The van der Waals surface area contributed by atoms with Gasteiger partial charge in [0.05, 0.1) is 30.6 Å². The van der Waals surface area contributed by atoms with Gasteiger partial charge in [0.15, 0.2) is 0 Å². The standard InChI is InChI=1S/C15H19N3O3/c1-2-3-10-21-14-7-5-13(6-8-14)18-11-12(16-17-18)4-9-15(19)20/h5-8,11H,2-4,9-10H2,1H3,(H,19,20). The van der Waals surface area contributed by atoms with Gasteiger partial charge in [-0.1, -0.05) is 18.6 Å². The molecule has 0 saturated heterocycles. The van der Waals surface area contributed by atoms with Crippen LogP contribution in [0.25, 0.3) is 5.69 Å². The van der Waals surface area contributed by atoms with Crippen LogP contribution in [-0.4, -0.2) is 32.7 Å². The topological polar surface area (TPSA) is 77.2 Å². The van der Waals surface area contributed by atoms with E-state index < -0.39 is 5.97 Å². The molecule has 0 fully saturated rings. The maximum absolute atomic E-state index is 10.5. The van der Waals surface area contributed by atoms with Crippen LogP contribution in [0.15, 0.2) is 30.5 Å². The maximum Gasteiger partial charge on any atom is 0.303 e. The molecule has 2 aromatic rings. The Labute approximate surface area is 123 Å². The van der Waals surface area contributed by atoms with E-state index in [9.17, 15) is 4.79 Å². The molecule has 0 amide bonds. The molecule has 0 spiro atoms. The molecule has 1 heterocycles. The van der Waals surface area contributed by atoms with Gasteiger partial charge in [0, 0.05) is 6.42 Å². The fourth-order valence-electron chi connectivity index (χ4n) is 1.80. The number of carbonyl (C=O) groups is 1.